The number of hydrogen-bond acceptors (Lipinski definition) is 6. The van der Waals surface area contributed by atoms with E-state index in [4.69, 9.17) is 9.72 Å². The molecule has 1 aromatic carbocycles. The van der Waals surface area contributed by atoms with E-state index >= 15 is 0 Å². The Morgan fingerprint density at radius 2 is 2.15 bits per heavy atom. The number of nitrogens with one attached hydrogen (secondary N) is 2. The number of nitrogens with zero attached hydrogens (tertiary/aromatic N) is 5. The molecule has 0 bridgehead atoms. The van der Waals surface area contributed by atoms with Crippen molar-refractivity contribution in [2.45, 2.75) is 31.8 Å². The fraction of sp³-hybridized carbons (Fsp3) is 0.368. The predicted octanol–water partition coefficient (Wildman–Crippen LogP) is 2.84. The smallest absolute Gasteiger partial charge is 0.179 e. The van der Waals surface area contributed by atoms with Crippen LogP contribution in [0.3, 0.4) is 0 Å². The second-order valence-corrected chi connectivity index (χ2v) is 6.86. The molecule has 1 saturated carbocycles. The molecular formula is C19H21N7O. The lowest BCUT2D eigenvalue weighted by molar-refractivity contribution is 0.184. The lowest BCUT2D eigenvalue weighted by atomic mass is 10.3. The van der Waals surface area contributed by atoms with Gasteiger partial charge >= 0.3 is 0 Å². The van der Waals surface area contributed by atoms with Crippen molar-refractivity contribution in [3.63, 3.8) is 0 Å². The van der Waals surface area contributed by atoms with E-state index in [1.165, 1.54) is 12.8 Å². The summed E-state index contributed by atoms with van der Waals surface area (Å²) in [5.74, 6) is 2.13. The summed E-state index contributed by atoms with van der Waals surface area (Å²) in [5, 5.41) is 8.03. The number of H-pyrrole nitrogens is 1. The van der Waals surface area contributed by atoms with Crippen molar-refractivity contribution >= 4 is 28.0 Å². The van der Waals surface area contributed by atoms with Gasteiger partial charge in [-0.25, -0.2) is 19.6 Å². The van der Waals surface area contributed by atoms with Crippen LogP contribution in [0.15, 0.2) is 30.5 Å². The number of anilines is 1. The van der Waals surface area contributed by atoms with Crippen molar-refractivity contribution in [2.75, 3.05) is 19.0 Å². The number of methoxy groups -OCH3 is 1. The van der Waals surface area contributed by atoms with Crippen LogP contribution >= 0.6 is 0 Å². The molecule has 3 heterocycles. The first-order valence-electron chi connectivity index (χ1n) is 9.21. The maximum atomic E-state index is 5.21. The summed E-state index contributed by atoms with van der Waals surface area (Å²) >= 11 is 0. The van der Waals surface area contributed by atoms with E-state index in [1.807, 2.05) is 35.1 Å². The first kappa shape index (κ1) is 16.2. The summed E-state index contributed by atoms with van der Waals surface area (Å²) in [7, 11) is 1.69. The van der Waals surface area contributed by atoms with Crippen LogP contribution in [0, 0.1) is 0 Å². The van der Waals surface area contributed by atoms with Crippen LogP contribution in [0.4, 0.5) is 5.82 Å². The molecule has 0 unspecified atom stereocenters. The Morgan fingerprint density at radius 1 is 1.26 bits per heavy atom. The van der Waals surface area contributed by atoms with Gasteiger partial charge in [-0.15, -0.1) is 0 Å². The van der Waals surface area contributed by atoms with Crippen LogP contribution < -0.4 is 5.32 Å². The molecule has 0 atom stereocenters. The Hall–Kier alpha value is -3.00. The number of aromatic amines is 1. The van der Waals surface area contributed by atoms with E-state index in [0.29, 0.717) is 25.6 Å². The van der Waals surface area contributed by atoms with Gasteiger partial charge in [0.2, 0.25) is 0 Å². The van der Waals surface area contributed by atoms with Gasteiger partial charge in [-0.1, -0.05) is 12.1 Å². The van der Waals surface area contributed by atoms with E-state index < -0.39 is 0 Å². The van der Waals surface area contributed by atoms with E-state index in [-0.39, 0.29) is 0 Å². The molecule has 138 valence electrons. The average Bonchev–Trinajstić information content (AvgIpc) is 3.37. The highest BCUT2D eigenvalue weighted by Gasteiger charge is 2.26. The molecule has 3 aromatic heterocycles. The third-order valence-electron chi connectivity index (χ3n) is 4.83. The highest BCUT2D eigenvalue weighted by Crippen LogP contribution is 2.39. The Kier molecular flexibility index (Phi) is 3.97. The molecule has 1 fully saturated rings. The van der Waals surface area contributed by atoms with E-state index in [9.17, 15) is 0 Å². The highest BCUT2D eigenvalue weighted by molar-refractivity contribution is 5.83. The molecule has 2 N–H and O–H groups in total. The minimum atomic E-state index is 0.539. The fourth-order valence-corrected chi connectivity index (χ4v) is 3.24. The van der Waals surface area contributed by atoms with Gasteiger partial charge in [0.25, 0.3) is 0 Å². The number of para-hydroxylation sites is 2. The summed E-state index contributed by atoms with van der Waals surface area (Å²) in [6.45, 7) is 1.76. The van der Waals surface area contributed by atoms with Crippen LogP contribution in [0.2, 0.25) is 0 Å². The van der Waals surface area contributed by atoms with Gasteiger partial charge in [0, 0.05) is 19.2 Å². The van der Waals surface area contributed by atoms with Crippen LogP contribution in [-0.2, 0) is 17.8 Å². The van der Waals surface area contributed by atoms with Crippen molar-refractivity contribution in [1.29, 1.82) is 0 Å². The third kappa shape index (κ3) is 3.12. The molecule has 5 rings (SSSR count). The minimum Gasteiger partial charge on any atom is -0.383 e. The van der Waals surface area contributed by atoms with Crippen LogP contribution in [0.5, 0.6) is 0 Å². The number of rotatable bonds is 7. The van der Waals surface area contributed by atoms with Crippen molar-refractivity contribution in [3.05, 3.63) is 42.0 Å². The molecule has 4 aromatic rings. The Bertz CT molecular complexity index is 1060. The maximum absolute atomic E-state index is 5.21. The van der Waals surface area contributed by atoms with Crippen molar-refractivity contribution < 1.29 is 4.74 Å². The largest absolute Gasteiger partial charge is 0.383 e. The second kappa shape index (κ2) is 6.62. The molecular weight excluding hydrogens is 342 g/mol. The Labute approximate surface area is 156 Å². The number of imidazole rings is 1. The minimum absolute atomic E-state index is 0.539. The summed E-state index contributed by atoms with van der Waals surface area (Å²) in [5.41, 5.74) is 4.64. The fourth-order valence-electron chi connectivity index (χ4n) is 3.24. The van der Waals surface area contributed by atoms with Gasteiger partial charge in [-0.05, 0) is 25.0 Å². The number of ether oxygens (including phenoxy) is 1. The number of hydrogen-bond donors (Lipinski definition) is 2. The first-order chi connectivity index (χ1) is 13.3. The van der Waals surface area contributed by atoms with Gasteiger partial charge in [0.05, 0.1) is 36.4 Å². The zero-order valence-electron chi connectivity index (χ0n) is 15.1. The van der Waals surface area contributed by atoms with Gasteiger partial charge in [-0.2, -0.15) is 5.10 Å². The molecule has 27 heavy (non-hydrogen) atoms. The van der Waals surface area contributed by atoms with Crippen LogP contribution in [0.25, 0.3) is 22.2 Å². The first-order valence-corrected chi connectivity index (χ1v) is 9.21. The van der Waals surface area contributed by atoms with Gasteiger partial charge < -0.3 is 15.0 Å². The maximum Gasteiger partial charge on any atom is 0.179 e. The third-order valence-corrected chi connectivity index (χ3v) is 4.83. The van der Waals surface area contributed by atoms with Crippen molar-refractivity contribution in [2.24, 2.45) is 0 Å². The van der Waals surface area contributed by atoms with Gasteiger partial charge in [0.1, 0.15) is 5.82 Å². The van der Waals surface area contributed by atoms with Crippen LogP contribution in [0.1, 0.15) is 30.3 Å². The molecule has 0 saturated heterocycles. The normalized spacial score (nSPS) is 14.3. The topological polar surface area (TPSA) is 93.5 Å². The molecule has 8 nitrogen and oxygen atoms in total. The molecule has 0 radical (unpaired) electrons. The van der Waals surface area contributed by atoms with Gasteiger partial charge in [0.15, 0.2) is 17.0 Å². The van der Waals surface area contributed by atoms with Gasteiger partial charge in [-0.3, -0.25) is 0 Å². The lowest BCUT2D eigenvalue weighted by Gasteiger charge is -2.02. The summed E-state index contributed by atoms with van der Waals surface area (Å²) < 4.78 is 7.09. The average molecular weight is 363 g/mol. The van der Waals surface area contributed by atoms with Crippen molar-refractivity contribution in [1.82, 2.24) is 29.7 Å². The molecule has 0 spiro atoms. The Balaban J connectivity index is 1.44. The molecule has 1 aliphatic carbocycles. The highest BCUT2D eigenvalue weighted by atomic mass is 16.5. The van der Waals surface area contributed by atoms with Crippen molar-refractivity contribution in [3.8, 4) is 0 Å². The molecule has 0 amide bonds. The summed E-state index contributed by atoms with van der Waals surface area (Å²) in [4.78, 5) is 17.4. The molecule has 1 aliphatic rings. The van der Waals surface area contributed by atoms with Crippen LogP contribution in [-0.4, -0.2) is 43.4 Å². The summed E-state index contributed by atoms with van der Waals surface area (Å²) in [6, 6.07) is 7.99. The van der Waals surface area contributed by atoms with E-state index in [1.54, 1.807) is 7.11 Å². The molecule has 0 aliphatic heterocycles. The number of fused-ring (bicyclic) bond motifs is 2. The Morgan fingerprint density at radius 3 is 2.96 bits per heavy atom. The quantitative estimate of drug-likeness (QED) is 0.524. The van der Waals surface area contributed by atoms with E-state index in [0.717, 1.165) is 39.5 Å². The zero-order chi connectivity index (χ0) is 18.2. The lowest BCUT2D eigenvalue weighted by Crippen LogP contribution is -2.08. The standard InChI is InChI=1S/C19H21N7O/c1-27-9-8-26-19-17(20-10-15(24-19)12-6-7-12)18(25-26)21-11-16-22-13-4-2-3-5-14(13)23-16/h2-5,10,12H,6-9,11H2,1H3,(H,21,25)(H,22,23). The number of aromatic nitrogens is 6. The molecule has 8 heteroatoms. The second-order valence-electron chi connectivity index (χ2n) is 6.86. The van der Waals surface area contributed by atoms with E-state index in [2.05, 4.69) is 25.4 Å². The zero-order valence-corrected chi connectivity index (χ0v) is 15.1. The number of benzene rings is 1. The summed E-state index contributed by atoms with van der Waals surface area (Å²) in [6.07, 6.45) is 4.28. The predicted molar refractivity (Wildman–Crippen MR) is 103 cm³/mol. The monoisotopic (exact) mass is 363 g/mol. The SMILES string of the molecule is COCCn1nc(NCc2nc3ccccc3[nH]2)c2ncc(C3CC3)nc21.